The maximum atomic E-state index is 11.3. The number of carbonyl (C=O) groups is 4. The number of amides is 3. The van der Waals surface area contributed by atoms with E-state index in [4.69, 9.17) is 10.2 Å². The van der Waals surface area contributed by atoms with Crippen molar-refractivity contribution in [3.63, 3.8) is 0 Å². The molecule has 1 fully saturated rings. The Morgan fingerprint density at radius 3 is 1.94 bits per heavy atom. The van der Waals surface area contributed by atoms with Crippen molar-refractivity contribution in [2.24, 2.45) is 0 Å². The lowest BCUT2D eigenvalue weighted by atomic mass is 10.0. The Bertz CT molecular complexity index is 374. The zero-order valence-corrected chi connectivity index (χ0v) is 8.55. The number of hydrogen-bond donors (Lipinski definition) is 3. The lowest BCUT2D eigenvalue weighted by Gasteiger charge is -2.30. The van der Waals surface area contributed by atoms with Crippen molar-refractivity contribution < 1.29 is 29.4 Å². The molecule has 0 spiro atoms. The normalized spacial score (nSPS) is 18.8. The number of nitrogens with one attached hydrogen (secondary N) is 1. The molecule has 88 valence electrons. The summed E-state index contributed by atoms with van der Waals surface area (Å²) in [6, 6.07) is -3.11. The highest BCUT2D eigenvalue weighted by molar-refractivity contribution is 6.11. The Hall–Kier alpha value is -2.12. The summed E-state index contributed by atoms with van der Waals surface area (Å²) in [6.07, 6.45) is 0. The summed E-state index contributed by atoms with van der Waals surface area (Å²) in [4.78, 5) is 44.6. The molecule has 3 N–H and O–H groups in total. The molecule has 0 unspecified atom stereocenters. The Morgan fingerprint density at radius 2 is 1.69 bits per heavy atom. The first-order valence-corrected chi connectivity index (χ1v) is 4.30. The molecule has 1 rings (SSSR count). The molecule has 1 aliphatic rings. The van der Waals surface area contributed by atoms with E-state index in [9.17, 15) is 19.2 Å². The molecule has 8 nitrogen and oxygen atoms in total. The molecule has 1 aliphatic heterocycles. The summed E-state index contributed by atoms with van der Waals surface area (Å²) in [5.74, 6) is -4.14. The van der Waals surface area contributed by atoms with Crippen LogP contribution in [0, 0.1) is 0 Å². The Kier molecular flexibility index (Phi) is 2.59. The van der Waals surface area contributed by atoms with Crippen LogP contribution in [0.15, 0.2) is 0 Å². The van der Waals surface area contributed by atoms with Crippen LogP contribution >= 0.6 is 0 Å². The van der Waals surface area contributed by atoms with Gasteiger partial charge in [0, 0.05) is 0 Å². The molecule has 3 amide bonds. The third-order valence-electron chi connectivity index (χ3n) is 2.32. The van der Waals surface area contributed by atoms with Crippen LogP contribution in [0.3, 0.4) is 0 Å². The second-order valence-corrected chi connectivity index (χ2v) is 3.77. The number of hydrogen-bond acceptors (Lipinski definition) is 4. The summed E-state index contributed by atoms with van der Waals surface area (Å²) < 4.78 is 0. The Balaban J connectivity index is 3.19. The van der Waals surface area contributed by atoms with Crippen LogP contribution in [0.25, 0.3) is 0 Å². The van der Waals surface area contributed by atoms with Crippen molar-refractivity contribution in [3.8, 4) is 0 Å². The maximum Gasteiger partial charge on any atom is 0.338 e. The number of carbonyl (C=O) groups excluding carboxylic acids is 2. The monoisotopic (exact) mass is 230 g/mol. The molecule has 0 aromatic carbocycles. The molecule has 16 heavy (non-hydrogen) atoms. The summed E-state index contributed by atoms with van der Waals surface area (Å²) in [6.45, 7) is 2.54. The maximum absolute atomic E-state index is 11.3. The number of aliphatic carboxylic acids is 2. The van der Waals surface area contributed by atoms with E-state index in [1.807, 2.05) is 5.32 Å². The molecule has 1 saturated heterocycles. The van der Waals surface area contributed by atoms with Gasteiger partial charge in [-0.1, -0.05) is 0 Å². The van der Waals surface area contributed by atoms with Crippen LogP contribution in [0.1, 0.15) is 13.8 Å². The van der Waals surface area contributed by atoms with Gasteiger partial charge in [-0.3, -0.25) is 15.0 Å². The first-order chi connectivity index (χ1) is 7.19. The van der Waals surface area contributed by atoms with Crippen LogP contribution < -0.4 is 5.32 Å². The molecular weight excluding hydrogens is 220 g/mol. The molecule has 0 saturated carbocycles. The van der Waals surface area contributed by atoms with E-state index in [2.05, 4.69) is 0 Å². The molecular formula is C8H10N2O6. The van der Waals surface area contributed by atoms with Gasteiger partial charge < -0.3 is 10.2 Å². The molecule has 0 bridgehead atoms. The lowest BCUT2D eigenvalue weighted by Crippen LogP contribution is -2.56. The van der Waals surface area contributed by atoms with Crippen LogP contribution in [-0.2, 0) is 14.4 Å². The Labute approximate surface area is 89.8 Å². The third-order valence-corrected chi connectivity index (χ3v) is 2.32. The molecule has 0 atom stereocenters. The summed E-state index contributed by atoms with van der Waals surface area (Å²) in [5, 5.41) is 19.3. The number of urea groups is 1. The minimum absolute atomic E-state index is 0.500. The number of imide groups is 1. The topological polar surface area (TPSA) is 124 Å². The van der Waals surface area contributed by atoms with Gasteiger partial charge in [0.2, 0.25) is 6.04 Å². The number of nitrogens with zero attached hydrogens (tertiary/aromatic N) is 1. The predicted molar refractivity (Wildman–Crippen MR) is 48.5 cm³/mol. The zero-order chi connectivity index (χ0) is 12.7. The first-order valence-electron chi connectivity index (χ1n) is 4.30. The molecule has 0 aromatic heterocycles. The smallest absolute Gasteiger partial charge is 0.338 e. The van der Waals surface area contributed by atoms with E-state index >= 15 is 0 Å². The van der Waals surface area contributed by atoms with Crippen molar-refractivity contribution in [3.05, 3.63) is 0 Å². The van der Waals surface area contributed by atoms with E-state index in [-0.39, 0.29) is 0 Å². The van der Waals surface area contributed by atoms with Crippen molar-refractivity contribution in [1.82, 2.24) is 10.2 Å². The van der Waals surface area contributed by atoms with E-state index in [0.29, 0.717) is 4.90 Å². The van der Waals surface area contributed by atoms with Crippen LogP contribution in [0.2, 0.25) is 0 Å². The zero-order valence-electron chi connectivity index (χ0n) is 8.55. The van der Waals surface area contributed by atoms with Crippen molar-refractivity contribution in [1.29, 1.82) is 0 Å². The van der Waals surface area contributed by atoms with E-state index in [1.54, 1.807) is 0 Å². The van der Waals surface area contributed by atoms with Gasteiger partial charge in [0.05, 0.1) is 0 Å². The van der Waals surface area contributed by atoms with Crippen LogP contribution in [0.4, 0.5) is 4.79 Å². The summed E-state index contributed by atoms with van der Waals surface area (Å²) in [7, 11) is 0. The van der Waals surface area contributed by atoms with Gasteiger partial charge >= 0.3 is 18.0 Å². The van der Waals surface area contributed by atoms with Crippen molar-refractivity contribution >= 4 is 23.9 Å². The molecule has 0 aliphatic carbocycles. The van der Waals surface area contributed by atoms with Gasteiger partial charge in [-0.05, 0) is 13.8 Å². The van der Waals surface area contributed by atoms with Gasteiger partial charge in [-0.15, -0.1) is 0 Å². The minimum Gasteiger partial charge on any atom is -0.479 e. The fraction of sp³-hybridized carbons (Fsp3) is 0.500. The fourth-order valence-electron chi connectivity index (χ4n) is 1.44. The predicted octanol–water partition coefficient (Wildman–Crippen LogP) is -1.15. The highest BCUT2D eigenvalue weighted by atomic mass is 16.4. The molecule has 8 heteroatoms. The highest BCUT2D eigenvalue weighted by Crippen LogP contribution is 2.24. The molecule has 0 aromatic rings. The minimum atomic E-state index is -2.08. The second-order valence-electron chi connectivity index (χ2n) is 3.77. The Morgan fingerprint density at radius 1 is 1.25 bits per heavy atom. The standard InChI is InChI=1S/C8H10N2O6/c1-8(2)6(15)9-7(16)10(8)3(4(11)12)5(13)14/h3H,1-2H3,(H,11,12)(H,13,14)(H,9,15,16). The molecule has 1 heterocycles. The van der Waals surface area contributed by atoms with Gasteiger partial charge in [-0.2, -0.15) is 0 Å². The largest absolute Gasteiger partial charge is 0.479 e. The molecule has 0 radical (unpaired) electrons. The van der Waals surface area contributed by atoms with E-state index in [0.717, 1.165) is 0 Å². The highest BCUT2D eigenvalue weighted by Gasteiger charge is 2.53. The van der Waals surface area contributed by atoms with E-state index < -0.39 is 35.5 Å². The van der Waals surface area contributed by atoms with Crippen molar-refractivity contribution in [2.45, 2.75) is 25.4 Å². The van der Waals surface area contributed by atoms with E-state index in [1.165, 1.54) is 13.8 Å². The fourth-order valence-corrected chi connectivity index (χ4v) is 1.44. The van der Waals surface area contributed by atoms with Crippen molar-refractivity contribution in [2.75, 3.05) is 0 Å². The SMILES string of the molecule is CC1(C)C(=O)NC(=O)N1C(C(=O)O)C(=O)O. The quantitative estimate of drug-likeness (QED) is 0.415. The lowest BCUT2D eigenvalue weighted by molar-refractivity contribution is -0.157. The summed E-state index contributed by atoms with van der Waals surface area (Å²) >= 11 is 0. The first kappa shape index (κ1) is 12.0. The number of carboxylic acids is 2. The number of rotatable bonds is 3. The number of carboxylic acid groups (broad SMARTS) is 2. The third kappa shape index (κ3) is 1.58. The van der Waals surface area contributed by atoms with Gasteiger partial charge in [0.15, 0.2) is 0 Å². The summed E-state index contributed by atoms with van der Waals surface area (Å²) in [5.41, 5.74) is -1.50. The van der Waals surface area contributed by atoms with Crippen LogP contribution in [-0.4, -0.2) is 50.6 Å². The van der Waals surface area contributed by atoms with Gasteiger partial charge in [0.1, 0.15) is 5.54 Å². The second kappa shape index (κ2) is 3.47. The average molecular weight is 230 g/mol. The average Bonchev–Trinajstić information content (AvgIpc) is 2.27. The van der Waals surface area contributed by atoms with Gasteiger partial charge in [-0.25, -0.2) is 14.4 Å². The van der Waals surface area contributed by atoms with Gasteiger partial charge in [0.25, 0.3) is 5.91 Å². The van der Waals surface area contributed by atoms with Crippen LogP contribution in [0.5, 0.6) is 0 Å².